The summed E-state index contributed by atoms with van der Waals surface area (Å²) in [5.74, 6) is -0.599. The maximum Gasteiger partial charge on any atom is 0.274 e. The third kappa shape index (κ3) is 3.68. The van der Waals surface area contributed by atoms with Crippen molar-refractivity contribution in [3.8, 4) is 0 Å². The highest BCUT2D eigenvalue weighted by Crippen LogP contribution is 2.09. The van der Waals surface area contributed by atoms with E-state index in [2.05, 4.69) is 10.6 Å². The number of carbonyl (C=O) groups excluding carboxylic acids is 2. The van der Waals surface area contributed by atoms with E-state index in [-0.39, 0.29) is 18.4 Å². The summed E-state index contributed by atoms with van der Waals surface area (Å²) >= 11 is 0. The Labute approximate surface area is 119 Å². The van der Waals surface area contributed by atoms with E-state index in [0.717, 1.165) is 25.9 Å². The molecule has 1 aliphatic rings. The van der Waals surface area contributed by atoms with E-state index in [4.69, 9.17) is 0 Å². The van der Waals surface area contributed by atoms with Crippen molar-refractivity contribution in [3.05, 3.63) is 24.0 Å². The minimum atomic E-state index is -0.346. The maximum absolute atomic E-state index is 11.9. The lowest BCUT2D eigenvalue weighted by molar-refractivity contribution is -0.121. The molecule has 0 aliphatic carbocycles. The van der Waals surface area contributed by atoms with Crippen LogP contribution < -0.4 is 10.6 Å². The molecule has 1 aliphatic heterocycles. The van der Waals surface area contributed by atoms with Crippen LogP contribution in [0.5, 0.6) is 0 Å². The number of likely N-dealkylation sites (N-methyl/N-ethyl adjacent to an activating group) is 1. The Bertz CT molecular complexity index is 477. The van der Waals surface area contributed by atoms with Gasteiger partial charge in [0, 0.05) is 19.3 Å². The molecule has 0 bridgehead atoms. The van der Waals surface area contributed by atoms with Crippen LogP contribution in [-0.4, -0.2) is 54.0 Å². The molecule has 6 heteroatoms. The van der Waals surface area contributed by atoms with Crippen LogP contribution in [0.1, 0.15) is 23.3 Å². The second kappa shape index (κ2) is 6.67. The SMILES string of the molecule is CN(CC(=O)NC(=O)c1cccn1C)C1CCNCC1. The van der Waals surface area contributed by atoms with Gasteiger partial charge in [0.1, 0.15) is 5.69 Å². The molecule has 1 fully saturated rings. The fourth-order valence-corrected chi connectivity index (χ4v) is 2.53. The van der Waals surface area contributed by atoms with Gasteiger partial charge in [-0.1, -0.05) is 0 Å². The van der Waals surface area contributed by atoms with Crippen molar-refractivity contribution in [1.82, 2.24) is 20.1 Å². The van der Waals surface area contributed by atoms with Gasteiger partial charge in [0.2, 0.25) is 5.91 Å². The average Bonchev–Trinajstić information content (AvgIpc) is 2.86. The van der Waals surface area contributed by atoms with Crippen LogP contribution in [0.2, 0.25) is 0 Å². The lowest BCUT2D eigenvalue weighted by atomic mass is 10.1. The predicted octanol–water partition coefficient (Wildman–Crippen LogP) is -0.0347. The summed E-state index contributed by atoms with van der Waals surface area (Å²) in [7, 11) is 3.71. The number of carbonyl (C=O) groups is 2. The average molecular weight is 278 g/mol. The van der Waals surface area contributed by atoms with E-state index in [1.54, 1.807) is 29.9 Å². The molecule has 6 nitrogen and oxygen atoms in total. The van der Waals surface area contributed by atoms with Gasteiger partial charge in [-0.2, -0.15) is 0 Å². The molecule has 2 amide bonds. The second-order valence-corrected chi connectivity index (χ2v) is 5.28. The number of piperidine rings is 1. The Morgan fingerprint density at radius 1 is 1.45 bits per heavy atom. The van der Waals surface area contributed by atoms with E-state index >= 15 is 0 Å². The zero-order valence-electron chi connectivity index (χ0n) is 12.1. The largest absolute Gasteiger partial charge is 0.347 e. The van der Waals surface area contributed by atoms with Gasteiger partial charge in [-0.05, 0) is 45.1 Å². The van der Waals surface area contributed by atoms with Gasteiger partial charge >= 0.3 is 0 Å². The minimum Gasteiger partial charge on any atom is -0.347 e. The molecular formula is C14H22N4O2. The molecule has 20 heavy (non-hydrogen) atoms. The number of aryl methyl sites for hydroxylation is 1. The van der Waals surface area contributed by atoms with E-state index < -0.39 is 0 Å². The maximum atomic E-state index is 11.9. The predicted molar refractivity (Wildman–Crippen MR) is 76.4 cm³/mol. The van der Waals surface area contributed by atoms with E-state index in [1.807, 2.05) is 11.9 Å². The number of hydrogen-bond donors (Lipinski definition) is 2. The number of amides is 2. The van der Waals surface area contributed by atoms with Crippen LogP contribution in [0.25, 0.3) is 0 Å². The normalized spacial score (nSPS) is 16.4. The fourth-order valence-electron chi connectivity index (χ4n) is 2.53. The third-order valence-electron chi connectivity index (χ3n) is 3.75. The molecule has 1 aromatic rings. The number of nitrogens with one attached hydrogen (secondary N) is 2. The highest BCUT2D eigenvalue weighted by molar-refractivity contribution is 6.04. The van der Waals surface area contributed by atoms with Crippen LogP contribution in [0.15, 0.2) is 18.3 Å². The van der Waals surface area contributed by atoms with Gasteiger partial charge in [0.05, 0.1) is 6.54 Å². The number of hydrogen-bond acceptors (Lipinski definition) is 4. The molecule has 2 N–H and O–H groups in total. The van der Waals surface area contributed by atoms with Gasteiger partial charge in [0.25, 0.3) is 5.91 Å². The fraction of sp³-hybridized carbons (Fsp3) is 0.571. The number of imide groups is 1. The molecule has 2 rings (SSSR count). The third-order valence-corrected chi connectivity index (χ3v) is 3.75. The van der Waals surface area contributed by atoms with E-state index in [9.17, 15) is 9.59 Å². The zero-order chi connectivity index (χ0) is 14.5. The van der Waals surface area contributed by atoms with Crippen molar-refractivity contribution in [2.45, 2.75) is 18.9 Å². The molecule has 0 aromatic carbocycles. The summed E-state index contributed by atoms with van der Waals surface area (Å²) < 4.78 is 1.69. The standard InChI is InChI=1S/C14H22N4O2/c1-17-9-3-4-12(17)14(20)16-13(19)10-18(2)11-5-7-15-8-6-11/h3-4,9,11,15H,5-8,10H2,1-2H3,(H,16,19,20). The van der Waals surface area contributed by atoms with Crippen molar-refractivity contribution in [2.75, 3.05) is 26.7 Å². The lowest BCUT2D eigenvalue weighted by Gasteiger charge is -2.30. The summed E-state index contributed by atoms with van der Waals surface area (Å²) in [6, 6.07) is 3.88. The van der Waals surface area contributed by atoms with Crippen LogP contribution in [0.3, 0.4) is 0 Å². The Balaban J connectivity index is 1.83. The summed E-state index contributed by atoms with van der Waals surface area (Å²) in [5, 5.41) is 5.73. The van der Waals surface area contributed by atoms with Gasteiger partial charge in [-0.15, -0.1) is 0 Å². The molecule has 2 heterocycles. The molecule has 110 valence electrons. The van der Waals surface area contributed by atoms with Crippen molar-refractivity contribution in [3.63, 3.8) is 0 Å². The van der Waals surface area contributed by atoms with E-state index in [1.165, 1.54) is 0 Å². The molecule has 0 spiro atoms. The number of rotatable bonds is 4. The first-order valence-corrected chi connectivity index (χ1v) is 6.94. The van der Waals surface area contributed by atoms with Crippen LogP contribution in [0.4, 0.5) is 0 Å². The Kier molecular flexibility index (Phi) is 4.92. The highest BCUT2D eigenvalue weighted by atomic mass is 16.2. The Hall–Kier alpha value is -1.66. The van der Waals surface area contributed by atoms with Gasteiger partial charge < -0.3 is 9.88 Å². The minimum absolute atomic E-state index is 0.251. The Morgan fingerprint density at radius 2 is 2.15 bits per heavy atom. The zero-order valence-corrected chi connectivity index (χ0v) is 12.1. The smallest absolute Gasteiger partial charge is 0.274 e. The molecule has 1 aromatic heterocycles. The Morgan fingerprint density at radius 3 is 2.75 bits per heavy atom. The quantitative estimate of drug-likeness (QED) is 0.811. The molecule has 0 radical (unpaired) electrons. The van der Waals surface area contributed by atoms with Crippen LogP contribution in [-0.2, 0) is 11.8 Å². The first-order valence-electron chi connectivity index (χ1n) is 6.94. The summed E-state index contributed by atoms with van der Waals surface area (Å²) in [6.45, 7) is 2.22. The molecule has 0 saturated carbocycles. The van der Waals surface area contributed by atoms with E-state index in [0.29, 0.717) is 11.7 Å². The van der Waals surface area contributed by atoms with Crippen LogP contribution in [0, 0.1) is 0 Å². The highest BCUT2D eigenvalue weighted by Gasteiger charge is 2.21. The van der Waals surface area contributed by atoms with Gasteiger partial charge in [-0.3, -0.25) is 19.8 Å². The lowest BCUT2D eigenvalue weighted by Crippen LogP contribution is -2.46. The van der Waals surface area contributed by atoms with Crippen molar-refractivity contribution >= 4 is 11.8 Å². The monoisotopic (exact) mass is 278 g/mol. The molecular weight excluding hydrogens is 256 g/mol. The topological polar surface area (TPSA) is 66.4 Å². The summed E-state index contributed by atoms with van der Waals surface area (Å²) in [5.41, 5.74) is 0.489. The first-order chi connectivity index (χ1) is 9.58. The van der Waals surface area contributed by atoms with Crippen LogP contribution >= 0.6 is 0 Å². The molecule has 1 saturated heterocycles. The number of nitrogens with zero attached hydrogens (tertiary/aromatic N) is 2. The van der Waals surface area contributed by atoms with Crippen molar-refractivity contribution < 1.29 is 9.59 Å². The second-order valence-electron chi connectivity index (χ2n) is 5.28. The number of aromatic nitrogens is 1. The summed E-state index contributed by atoms with van der Waals surface area (Å²) in [4.78, 5) is 25.9. The van der Waals surface area contributed by atoms with Crippen molar-refractivity contribution in [2.24, 2.45) is 7.05 Å². The van der Waals surface area contributed by atoms with Gasteiger partial charge in [-0.25, -0.2) is 0 Å². The molecule has 0 unspecified atom stereocenters. The first kappa shape index (κ1) is 14.7. The molecule has 0 atom stereocenters. The van der Waals surface area contributed by atoms with Gasteiger partial charge in [0.15, 0.2) is 0 Å². The van der Waals surface area contributed by atoms with Crippen molar-refractivity contribution in [1.29, 1.82) is 0 Å². The summed E-state index contributed by atoms with van der Waals surface area (Å²) in [6.07, 6.45) is 3.85.